The Balaban J connectivity index is 0.00000121. The molecule has 0 aliphatic carbocycles. The molecule has 4 rings (SSSR count). The van der Waals surface area contributed by atoms with Gasteiger partial charge in [-0.15, -0.1) is 24.8 Å². The third-order valence-corrected chi connectivity index (χ3v) is 5.03. The molecule has 2 aliphatic rings. The van der Waals surface area contributed by atoms with Gasteiger partial charge in [-0.3, -0.25) is 4.79 Å². The number of hydrogen-bond acceptors (Lipinski definition) is 3. The Morgan fingerprint density at radius 3 is 2.46 bits per heavy atom. The quantitative estimate of drug-likeness (QED) is 0.820. The number of nitrogens with one attached hydrogen (secondary N) is 2. The zero-order valence-corrected chi connectivity index (χ0v) is 16.2. The number of para-hydroxylation sites is 1. The molecule has 1 saturated heterocycles. The van der Waals surface area contributed by atoms with Crippen LogP contribution in [0.2, 0.25) is 0 Å². The summed E-state index contributed by atoms with van der Waals surface area (Å²) in [6.07, 6.45) is 0.999. The molecule has 0 radical (unpaired) electrons. The number of rotatable bonds is 5. The summed E-state index contributed by atoms with van der Waals surface area (Å²) in [5.41, 5.74) is 3.57. The van der Waals surface area contributed by atoms with Crippen molar-refractivity contribution in [3.63, 3.8) is 0 Å². The summed E-state index contributed by atoms with van der Waals surface area (Å²) in [5.74, 6) is 0.668. The Labute approximate surface area is 167 Å². The van der Waals surface area contributed by atoms with Gasteiger partial charge in [0.2, 0.25) is 5.91 Å². The van der Waals surface area contributed by atoms with Gasteiger partial charge in [0, 0.05) is 37.8 Å². The number of fused-ring (bicyclic) bond motifs is 1. The van der Waals surface area contributed by atoms with Crippen LogP contribution < -0.4 is 15.5 Å². The van der Waals surface area contributed by atoms with Crippen molar-refractivity contribution in [2.75, 3.05) is 31.1 Å². The molecule has 140 valence electrons. The van der Waals surface area contributed by atoms with Crippen LogP contribution in [-0.4, -0.2) is 32.1 Å². The van der Waals surface area contributed by atoms with E-state index in [1.165, 1.54) is 11.3 Å². The summed E-state index contributed by atoms with van der Waals surface area (Å²) in [6.45, 7) is 3.65. The molecule has 1 unspecified atom stereocenters. The molecular formula is C20H25Cl2N3O. The number of carbonyl (C=O) groups excluding carboxylic acids is 1. The molecule has 2 aromatic carbocycles. The number of nitrogens with zero attached hydrogens (tertiary/aromatic N) is 1. The molecule has 4 nitrogen and oxygen atoms in total. The molecule has 0 bridgehead atoms. The first-order chi connectivity index (χ1) is 11.8. The van der Waals surface area contributed by atoms with Crippen LogP contribution in [0.4, 0.5) is 5.69 Å². The summed E-state index contributed by atoms with van der Waals surface area (Å²) in [5, 5.41) is 6.42. The van der Waals surface area contributed by atoms with Crippen LogP contribution in [0.1, 0.15) is 17.2 Å². The van der Waals surface area contributed by atoms with Crippen LogP contribution in [0.3, 0.4) is 0 Å². The fraction of sp³-hybridized carbons (Fsp3) is 0.350. The maximum atomic E-state index is 13.0. The smallest absolute Gasteiger partial charge is 0.247 e. The van der Waals surface area contributed by atoms with Crippen molar-refractivity contribution in [2.45, 2.75) is 12.5 Å². The predicted molar refractivity (Wildman–Crippen MR) is 111 cm³/mol. The van der Waals surface area contributed by atoms with Crippen LogP contribution in [0.25, 0.3) is 0 Å². The van der Waals surface area contributed by atoms with E-state index in [-0.39, 0.29) is 36.8 Å². The first-order valence-electron chi connectivity index (χ1n) is 8.71. The van der Waals surface area contributed by atoms with Crippen molar-refractivity contribution in [3.8, 4) is 0 Å². The number of amides is 1. The molecule has 2 N–H and O–H groups in total. The molecule has 0 aromatic heterocycles. The highest BCUT2D eigenvalue weighted by Crippen LogP contribution is 2.35. The van der Waals surface area contributed by atoms with Gasteiger partial charge >= 0.3 is 0 Å². The maximum Gasteiger partial charge on any atom is 0.247 e. The summed E-state index contributed by atoms with van der Waals surface area (Å²) in [6, 6.07) is 18.3. The SMILES string of the molecule is Cl.Cl.O=C(NCC1CNC1)C(c1ccccc1)N1CCc2ccccc21. The minimum absolute atomic E-state index is 0. The Morgan fingerprint density at radius 2 is 1.77 bits per heavy atom. The van der Waals surface area contributed by atoms with Crippen LogP contribution in [0, 0.1) is 5.92 Å². The fourth-order valence-electron chi connectivity index (χ4n) is 3.57. The van der Waals surface area contributed by atoms with Crippen LogP contribution >= 0.6 is 24.8 Å². The van der Waals surface area contributed by atoms with Gasteiger partial charge in [0.1, 0.15) is 6.04 Å². The van der Waals surface area contributed by atoms with Gasteiger partial charge < -0.3 is 15.5 Å². The highest BCUT2D eigenvalue weighted by molar-refractivity contribution is 5.87. The van der Waals surface area contributed by atoms with Crippen molar-refractivity contribution >= 4 is 36.4 Å². The molecule has 1 fully saturated rings. The molecule has 26 heavy (non-hydrogen) atoms. The maximum absolute atomic E-state index is 13.0. The van der Waals surface area contributed by atoms with Crippen molar-refractivity contribution in [2.24, 2.45) is 5.92 Å². The number of halogens is 2. The van der Waals surface area contributed by atoms with Gasteiger partial charge in [0.15, 0.2) is 0 Å². The Morgan fingerprint density at radius 1 is 1.08 bits per heavy atom. The Hall–Kier alpha value is -1.75. The molecular weight excluding hydrogens is 369 g/mol. The van der Waals surface area contributed by atoms with Crippen LogP contribution in [-0.2, 0) is 11.2 Å². The largest absolute Gasteiger partial charge is 0.355 e. The Bertz CT molecular complexity index is 722. The summed E-state index contributed by atoms with van der Waals surface area (Å²) in [4.78, 5) is 15.3. The van der Waals surface area contributed by atoms with E-state index in [2.05, 4.69) is 51.9 Å². The topological polar surface area (TPSA) is 44.4 Å². The highest BCUT2D eigenvalue weighted by Gasteiger charge is 2.32. The van der Waals surface area contributed by atoms with Crippen LogP contribution in [0.15, 0.2) is 54.6 Å². The van der Waals surface area contributed by atoms with E-state index in [9.17, 15) is 4.79 Å². The van der Waals surface area contributed by atoms with E-state index in [1.807, 2.05) is 18.2 Å². The lowest BCUT2D eigenvalue weighted by Crippen LogP contribution is -2.50. The second kappa shape index (κ2) is 9.26. The first-order valence-corrected chi connectivity index (χ1v) is 8.71. The van der Waals surface area contributed by atoms with E-state index < -0.39 is 0 Å². The third-order valence-electron chi connectivity index (χ3n) is 5.03. The molecule has 6 heteroatoms. The molecule has 2 aromatic rings. The van der Waals surface area contributed by atoms with Gasteiger partial charge in [-0.25, -0.2) is 0 Å². The molecule has 1 atom stereocenters. The van der Waals surface area contributed by atoms with E-state index in [1.54, 1.807) is 0 Å². The van der Waals surface area contributed by atoms with E-state index >= 15 is 0 Å². The Kier molecular flexibility index (Phi) is 7.33. The summed E-state index contributed by atoms with van der Waals surface area (Å²) < 4.78 is 0. The van der Waals surface area contributed by atoms with E-state index in [4.69, 9.17) is 0 Å². The lowest BCUT2D eigenvalue weighted by atomic mass is 10.0. The lowest BCUT2D eigenvalue weighted by molar-refractivity contribution is -0.122. The van der Waals surface area contributed by atoms with Gasteiger partial charge in [-0.2, -0.15) is 0 Å². The standard InChI is InChI=1S/C20H23N3O.2ClH/c24-20(22-14-15-12-21-13-15)19(17-7-2-1-3-8-17)23-11-10-16-6-4-5-9-18(16)23;;/h1-9,15,19,21H,10-14H2,(H,22,24);2*1H. The predicted octanol–water partition coefficient (Wildman–Crippen LogP) is 2.97. The van der Waals surface area contributed by atoms with Gasteiger partial charge in [-0.1, -0.05) is 48.5 Å². The minimum atomic E-state index is -0.261. The normalized spacial score (nSPS) is 16.5. The molecule has 2 heterocycles. The fourth-order valence-corrected chi connectivity index (χ4v) is 3.57. The zero-order chi connectivity index (χ0) is 16.4. The number of anilines is 1. The van der Waals surface area contributed by atoms with Gasteiger partial charge in [0.05, 0.1) is 0 Å². The number of benzene rings is 2. The molecule has 2 aliphatic heterocycles. The second-order valence-electron chi connectivity index (χ2n) is 6.65. The monoisotopic (exact) mass is 393 g/mol. The zero-order valence-electron chi connectivity index (χ0n) is 14.6. The lowest BCUT2D eigenvalue weighted by Gasteiger charge is -2.32. The average molecular weight is 394 g/mol. The van der Waals surface area contributed by atoms with E-state index in [0.717, 1.165) is 38.2 Å². The first kappa shape index (κ1) is 20.6. The molecule has 0 saturated carbocycles. The third kappa shape index (κ3) is 4.14. The average Bonchev–Trinajstić information content (AvgIpc) is 2.99. The highest BCUT2D eigenvalue weighted by atomic mass is 35.5. The molecule has 0 spiro atoms. The van der Waals surface area contributed by atoms with Gasteiger partial charge in [0.25, 0.3) is 0 Å². The summed E-state index contributed by atoms with van der Waals surface area (Å²) in [7, 11) is 0. The van der Waals surface area contributed by atoms with Crippen molar-refractivity contribution in [1.29, 1.82) is 0 Å². The number of hydrogen-bond donors (Lipinski definition) is 2. The summed E-state index contributed by atoms with van der Waals surface area (Å²) >= 11 is 0. The van der Waals surface area contributed by atoms with Crippen LogP contribution in [0.5, 0.6) is 0 Å². The molecule has 1 amide bonds. The van der Waals surface area contributed by atoms with Crippen molar-refractivity contribution in [1.82, 2.24) is 10.6 Å². The van der Waals surface area contributed by atoms with Gasteiger partial charge in [-0.05, 0) is 23.6 Å². The van der Waals surface area contributed by atoms with Crippen molar-refractivity contribution in [3.05, 3.63) is 65.7 Å². The van der Waals surface area contributed by atoms with E-state index in [0.29, 0.717) is 5.92 Å². The number of carbonyl (C=O) groups is 1. The second-order valence-corrected chi connectivity index (χ2v) is 6.65. The minimum Gasteiger partial charge on any atom is -0.355 e. The van der Waals surface area contributed by atoms with Crippen molar-refractivity contribution < 1.29 is 4.79 Å².